The predicted octanol–water partition coefficient (Wildman–Crippen LogP) is 2.62. The minimum atomic E-state index is -4.46. The zero-order chi connectivity index (χ0) is 15.5. The highest BCUT2D eigenvalue weighted by molar-refractivity contribution is 5.78. The Morgan fingerprint density at radius 3 is 2.45 bits per heavy atom. The second-order valence-corrected chi connectivity index (χ2v) is 5.39. The lowest BCUT2D eigenvalue weighted by Crippen LogP contribution is -2.34. The third-order valence-corrected chi connectivity index (χ3v) is 2.85. The Bertz CT molecular complexity index is 466. The number of carbonyl (C=O) groups is 1. The van der Waals surface area contributed by atoms with E-state index in [0.717, 1.165) is 6.07 Å². The maximum atomic E-state index is 12.5. The minimum Gasteiger partial charge on any atom is -0.356 e. The van der Waals surface area contributed by atoms with Crippen LogP contribution in [0.1, 0.15) is 32.2 Å². The molecule has 0 aliphatic heterocycles. The molecule has 1 unspecified atom stereocenters. The molecule has 1 N–H and O–H groups in total. The monoisotopic (exact) mass is 291 g/mol. The highest BCUT2D eigenvalue weighted by atomic mass is 19.4. The van der Waals surface area contributed by atoms with Gasteiger partial charge in [-0.05, 0) is 18.9 Å². The number of aryl methyl sites for hydroxylation is 1. The lowest BCUT2D eigenvalue weighted by atomic mass is 10.1. The number of halogens is 3. The number of carbonyl (C=O) groups excluding carboxylic acids is 1. The van der Waals surface area contributed by atoms with Gasteiger partial charge in [0, 0.05) is 12.2 Å². The van der Waals surface area contributed by atoms with Gasteiger partial charge in [0.25, 0.3) is 0 Å². The van der Waals surface area contributed by atoms with E-state index in [1.807, 2.05) is 13.8 Å². The molecule has 1 aromatic heterocycles. The summed E-state index contributed by atoms with van der Waals surface area (Å²) in [5.41, 5.74) is -0.536. The Hall–Kier alpha value is -1.53. The van der Waals surface area contributed by atoms with Crippen molar-refractivity contribution in [1.29, 1.82) is 0 Å². The van der Waals surface area contributed by atoms with Crippen molar-refractivity contribution >= 4 is 5.91 Å². The average molecular weight is 291 g/mol. The van der Waals surface area contributed by atoms with Crippen LogP contribution in [-0.2, 0) is 17.5 Å². The van der Waals surface area contributed by atoms with E-state index in [2.05, 4.69) is 10.4 Å². The van der Waals surface area contributed by atoms with Crippen LogP contribution in [0.4, 0.5) is 13.2 Å². The van der Waals surface area contributed by atoms with Crippen molar-refractivity contribution in [2.75, 3.05) is 6.54 Å². The SMILES string of the molecule is Cc1cc(C(F)(F)F)nn1CC(C)C(=O)NCC(C)C. The van der Waals surface area contributed by atoms with Crippen molar-refractivity contribution in [1.82, 2.24) is 15.1 Å². The van der Waals surface area contributed by atoms with Crippen LogP contribution in [-0.4, -0.2) is 22.2 Å². The van der Waals surface area contributed by atoms with Gasteiger partial charge in [-0.25, -0.2) is 0 Å². The molecule has 0 aliphatic rings. The second kappa shape index (κ2) is 6.28. The topological polar surface area (TPSA) is 46.9 Å². The molecule has 4 nitrogen and oxygen atoms in total. The standard InChI is InChI=1S/C13H20F3N3O/c1-8(2)6-17-12(20)9(3)7-19-10(4)5-11(18-19)13(14,15)16/h5,8-9H,6-7H2,1-4H3,(H,17,20). The number of hydrogen-bond acceptors (Lipinski definition) is 2. The Morgan fingerprint density at radius 1 is 1.40 bits per heavy atom. The van der Waals surface area contributed by atoms with Gasteiger partial charge in [0.1, 0.15) is 0 Å². The van der Waals surface area contributed by atoms with Gasteiger partial charge in [-0.2, -0.15) is 18.3 Å². The predicted molar refractivity (Wildman–Crippen MR) is 69.0 cm³/mol. The van der Waals surface area contributed by atoms with Crippen molar-refractivity contribution < 1.29 is 18.0 Å². The van der Waals surface area contributed by atoms with Crippen LogP contribution in [0.25, 0.3) is 0 Å². The quantitative estimate of drug-likeness (QED) is 0.906. The molecule has 1 rings (SSSR count). The molecule has 7 heteroatoms. The summed E-state index contributed by atoms with van der Waals surface area (Å²) >= 11 is 0. The largest absolute Gasteiger partial charge is 0.435 e. The molecule has 1 atom stereocenters. The summed E-state index contributed by atoms with van der Waals surface area (Å²) in [6.07, 6.45) is -4.46. The summed E-state index contributed by atoms with van der Waals surface area (Å²) in [6, 6.07) is 0.985. The first-order valence-corrected chi connectivity index (χ1v) is 6.50. The van der Waals surface area contributed by atoms with E-state index in [0.29, 0.717) is 18.2 Å². The zero-order valence-electron chi connectivity index (χ0n) is 12.1. The molecular weight excluding hydrogens is 271 g/mol. The van der Waals surface area contributed by atoms with Gasteiger partial charge in [0.15, 0.2) is 5.69 Å². The maximum Gasteiger partial charge on any atom is 0.435 e. The average Bonchev–Trinajstić information content (AvgIpc) is 2.67. The highest BCUT2D eigenvalue weighted by Crippen LogP contribution is 2.28. The molecule has 0 aromatic carbocycles. The Morgan fingerprint density at radius 2 is 2.00 bits per heavy atom. The first kappa shape index (κ1) is 16.5. The maximum absolute atomic E-state index is 12.5. The number of amides is 1. The molecular formula is C13H20F3N3O. The smallest absolute Gasteiger partial charge is 0.356 e. The Kier molecular flexibility index (Phi) is 5.19. The number of hydrogen-bond donors (Lipinski definition) is 1. The highest BCUT2D eigenvalue weighted by Gasteiger charge is 2.34. The molecule has 1 amide bonds. The van der Waals surface area contributed by atoms with Gasteiger partial charge in [-0.3, -0.25) is 9.48 Å². The van der Waals surface area contributed by atoms with Crippen LogP contribution in [0, 0.1) is 18.8 Å². The lowest BCUT2D eigenvalue weighted by Gasteiger charge is -2.14. The third-order valence-electron chi connectivity index (χ3n) is 2.85. The number of aromatic nitrogens is 2. The fourth-order valence-corrected chi connectivity index (χ4v) is 1.65. The fraction of sp³-hybridized carbons (Fsp3) is 0.692. The van der Waals surface area contributed by atoms with E-state index < -0.39 is 17.8 Å². The molecule has 1 aromatic rings. The van der Waals surface area contributed by atoms with E-state index >= 15 is 0 Å². The summed E-state index contributed by atoms with van der Waals surface area (Å²) in [5.74, 6) is -0.287. The van der Waals surface area contributed by atoms with E-state index in [9.17, 15) is 18.0 Å². The Labute approximate surface area is 116 Å². The molecule has 0 bridgehead atoms. The van der Waals surface area contributed by atoms with Crippen LogP contribution in [0.2, 0.25) is 0 Å². The normalized spacial score (nSPS) is 13.6. The van der Waals surface area contributed by atoms with Crippen molar-refractivity contribution in [3.8, 4) is 0 Å². The van der Waals surface area contributed by atoms with E-state index in [4.69, 9.17) is 0 Å². The summed E-state index contributed by atoms with van der Waals surface area (Å²) in [4.78, 5) is 11.8. The molecule has 0 fully saturated rings. The molecule has 114 valence electrons. The second-order valence-electron chi connectivity index (χ2n) is 5.39. The van der Waals surface area contributed by atoms with Crippen molar-refractivity contribution in [3.63, 3.8) is 0 Å². The van der Waals surface area contributed by atoms with Crippen molar-refractivity contribution in [2.24, 2.45) is 11.8 Å². The van der Waals surface area contributed by atoms with E-state index in [1.165, 1.54) is 4.68 Å². The zero-order valence-corrected chi connectivity index (χ0v) is 12.1. The number of nitrogens with zero attached hydrogens (tertiary/aromatic N) is 2. The molecule has 0 radical (unpaired) electrons. The summed E-state index contributed by atoms with van der Waals surface area (Å²) in [7, 11) is 0. The fourth-order valence-electron chi connectivity index (χ4n) is 1.65. The third kappa shape index (κ3) is 4.54. The van der Waals surface area contributed by atoms with Gasteiger partial charge in [-0.1, -0.05) is 20.8 Å². The summed E-state index contributed by atoms with van der Waals surface area (Å²) in [5, 5.41) is 6.27. The van der Waals surface area contributed by atoms with Gasteiger partial charge in [0.05, 0.1) is 12.5 Å². The minimum absolute atomic E-state index is 0.131. The van der Waals surface area contributed by atoms with Crippen LogP contribution in [0.5, 0.6) is 0 Å². The molecule has 0 aliphatic carbocycles. The number of rotatable bonds is 5. The van der Waals surface area contributed by atoms with Gasteiger partial charge in [0.2, 0.25) is 5.91 Å². The van der Waals surface area contributed by atoms with Crippen molar-refractivity contribution in [2.45, 2.75) is 40.4 Å². The van der Waals surface area contributed by atoms with Gasteiger partial charge < -0.3 is 5.32 Å². The Balaban J connectivity index is 2.69. The molecule has 0 saturated carbocycles. The number of alkyl halides is 3. The lowest BCUT2D eigenvalue weighted by molar-refractivity contribution is -0.141. The van der Waals surface area contributed by atoms with Crippen molar-refractivity contribution in [3.05, 3.63) is 17.5 Å². The van der Waals surface area contributed by atoms with E-state index in [1.54, 1.807) is 13.8 Å². The van der Waals surface area contributed by atoms with Gasteiger partial charge in [-0.15, -0.1) is 0 Å². The number of nitrogens with one attached hydrogen (secondary N) is 1. The molecule has 0 saturated heterocycles. The first-order chi connectivity index (χ1) is 9.11. The van der Waals surface area contributed by atoms with Gasteiger partial charge >= 0.3 is 6.18 Å². The summed E-state index contributed by atoms with van der Waals surface area (Å²) in [6.45, 7) is 7.84. The van der Waals surface area contributed by atoms with Crippen LogP contribution < -0.4 is 5.32 Å². The van der Waals surface area contributed by atoms with Crippen LogP contribution in [0.3, 0.4) is 0 Å². The van der Waals surface area contributed by atoms with Crippen LogP contribution in [0.15, 0.2) is 6.07 Å². The van der Waals surface area contributed by atoms with Crippen LogP contribution >= 0.6 is 0 Å². The summed E-state index contributed by atoms with van der Waals surface area (Å²) < 4.78 is 38.8. The molecule has 0 spiro atoms. The molecule has 1 heterocycles. The molecule has 20 heavy (non-hydrogen) atoms. The first-order valence-electron chi connectivity index (χ1n) is 6.50. The van der Waals surface area contributed by atoms with E-state index in [-0.39, 0.29) is 12.5 Å².